The Morgan fingerprint density at radius 3 is 2.16 bits per heavy atom. The number of hydrogen-bond donors (Lipinski definition) is 1. The van der Waals surface area contributed by atoms with E-state index >= 15 is 0 Å². The largest absolute Gasteiger partial charge is 0.490 e. The molecule has 0 unspecified atom stereocenters. The Balaban J connectivity index is 0.000000339. The van der Waals surface area contributed by atoms with E-state index in [1.165, 1.54) is 42.8 Å². The lowest BCUT2D eigenvalue weighted by molar-refractivity contribution is -0.192. The molecule has 2 aliphatic heterocycles. The predicted molar refractivity (Wildman–Crippen MR) is 112 cm³/mol. The maximum atomic E-state index is 12.4. The van der Waals surface area contributed by atoms with E-state index < -0.39 is 12.1 Å². The van der Waals surface area contributed by atoms with Crippen molar-refractivity contribution in [1.82, 2.24) is 14.8 Å². The van der Waals surface area contributed by atoms with Gasteiger partial charge in [-0.05, 0) is 66.6 Å². The second-order valence-corrected chi connectivity index (χ2v) is 9.38. The minimum absolute atomic E-state index is 0.112. The molecular formula is C20H24F3N3O3S2. The van der Waals surface area contributed by atoms with E-state index in [0.29, 0.717) is 11.1 Å². The number of nitrogens with zero attached hydrogens (tertiary/aromatic N) is 3. The minimum Gasteiger partial charge on any atom is -0.475 e. The van der Waals surface area contributed by atoms with Crippen molar-refractivity contribution in [3.63, 3.8) is 0 Å². The van der Waals surface area contributed by atoms with Crippen LogP contribution in [0.4, 0.5) is 13.2 Å². The van der Waals surface area contributed by atoms with Crippen molar-refractivity contribution in [2.24, 2.45) is 5.41 Å². The van der Waals surface area contributed by atoms with Gasteiger partial charge in [-0.2, -0.15) is 24.5 Å². The maximum Gasteiger partial charge on any atom is 0.490 e. The van der Waals surface area contributed by atoms with Gasteiger partial charge >= 0.3 is 12.1 Å². The maximum absolute atomic E-state index is 12.4. The Morgan fingerprint density at radius 2 is 1.68 bits per heavy atom. The van der Waals surface area contributed by atoms with Gasteiger partial charge in [0, 0.05) is 25.0 Å². The summed E-state index contributed by atoms with van der Waals surface area (Å²) in [5.41, 5.74) is 4.26. The van der Waals surface area contributed by atoms with Crippen LogP contribution < -0.4 is 0 Å². The van der Waals surface area contributed by atoms with E-state index in [4.69, 9.17) is 9.90 Å². The van der Waals surface area contributed by atoms with Crippen molar-refractivity contribution in [3.8, 4) is 0 Å². The predicted octanol–water partition coefficient (Wildman–Crippen LogP) is 4.36. The number of carboxylic acid groups (broad SMARTS) is 1. The highest BCUT2D eigenvalue weighted by molar-refractivity contribution is 7.08. The Morgan fingerprint density at radius 1 is 1.06 bits per heavy atom. The summed E-state index contributed by atoms with van der Waals surface area (Å²) >= 11 is 3.27. The first kappa shape index (κ1) is 23.7. The number of aliphatic carboxylic acids is 1. The van der Waals surface area contributed by atoms with Gasteiger partial charge in [0.1, 0.15) is 5.69 Å². The van der Waals surface area contributed by atoms with Crippen LogP contribution in [0.2, 0.25) is 0 Å². The number of piperidine rings is 2. The third-order valence-electron chi connectivity index (χ3n) is 5.91. The van der Waals surface area contributed by atoms with Crippen LogP contribution in [0.25, 0.3) is 0 Å². The van der Waals surface area contributed by atoms with Gasteiger partial charge in [-0.25, -0.2) is 9.78 Å². The molecule has 6 nitrogen and oxygen atoms in total. The fourth-order valence-corrected chi connectivity index (χ4v) is 5.18. The molecule has 2 aromatic rings. The zero-order valence-electron chi connectivity index (χ0n) is 16.8. The number of thiophene rings is 1. The molecule has 2 saturated heterocycles. The van der Waals surface area contributed by atoms with E-state index in [2.05, 4.69) is 26.7 Å². The van der Waals surface area contributed by atoms with Gasteiger partial charge in [0.25, 0.3) is 5.91 Å². The van der Waals surface area contributed by atoms with Crippen LogP contribution in [0.5, 0.6) is 0 Å². The Kier molecular flexibility index (Phi) is 7.71. The number of likely N-dealkylation sites (tertiary alicyclic amines) is 2. The van der Waals surface area contributed by atoms with Crippen LogP contribution in [0.1, 0.15) is 41.7 Å². The van der Waals surface area contributed by atoms with Gasteiger partial charge < -0.3 is 10.0 Å². The molecule has 2 aromatic heterocycles. The fraction of sp³-hybridized carbons (Fsp3) is 0.550. The van der Waals surface area contributed by atoms with Crippen molar-refractivity contribution in [1.29, 1.82) is 0 Å². The molecule has 1 spiro atoms. The Labute approximate surface area is 186 Å². The van der Waals surface area contributed by atoms with Crippen LogP contribution in [-0.4, -0.2) is 64.1 Å². The molecule has 0 aromatic carbocycles. The van der Waals surface area contributed by atoms with E-state index in [1.54, 1.807) is 16.8 Å². The molecule has 0 radical (unpaired) electrons. The SMILES string of the molecule is O=C(O)C(F)(F)F.O=C(c1cscn1)N1CCC2(CCN(Cc3ccsc3)CC2)CC1. The fourth-order valence-electron chi connectivity index (χ4n) is 3.99. The number of aromatic nitrogens is 1. The summed E-state index contributed by atoms with van der Waals surface area (Å²) in [5, 5.41) is 13.4. The molecule has 2 fully saturated rings. The van der Waals surface area contributed by atoms with Gasteiger partial charge in [0.05, 0.1) is 5.51 Å². The molecule has 1 N–H and O–H groups in total. The highest BCUT2D eigenvalue weighted by Gasteiger charge is 2.39. The number of hydrogen-bond acceptors (Lipinski definition) is 6. The van der Waals surface area contributed by atoms with Gasteiger partial charge in [-0.1, -0.05) is 0 Å². The van der Waals surface area contributed by atoms with Gasteiger partial charge in [-0.15, -0.1) is 11.3 Å². The smallest absolute Gasteiger partial charge is 0.475 e. The highest BCUT2D eigenvalue weighted by atomic mass is 32.1. The number of carbonyl (C=O) groups excluding carboxylic acids is 1. The van der Waals surface area contributed by atoms with E-state index in [-0.39, 0.29) is 5.91 Å². The van der Waals surface area contributed by atoms with Crippen LogP contribution >= 0.6 is 22.7 Å². The summed E-state index contributed by atoms with van der Waals surface area (Å²) in [7, 11) is 0. The van der Waals surface area contributed by atoms with Gasteiger partial charge in [-0.3, -0.25) is 9.69 Å². The Bertz CT molecular complexity index is 839. The van der Waals surface area contributed by atoms with Crippen molar-refractivity contribution in [3.05, 3.63) is 39.0 Å². The monoisotopic (exact) mass is 475 g/mol. The number of thiazole rings is 1. The van der Waals surface area contributed by atoms with E-state index in [9.17, 15) is 18.0 Å². The first-order valence-electron chi connectivity index (χ1n) is 9.90. The standard InChI is InChI=1S/C18H23N3OS2.C2HF3O2/c22-17(16-13-24-14-19-16)21-8-4-18(5-9-21)2-6-20(7-3-18)11-15-1-10-23-12-15;3-2(4,5)1(6)7/h1,10,12-14H,2-9,11H2;(H,6,7). The van der Waals surface area contributed by atoms with Crippen LogP contribution in [0.15, 0.2) is 27.7 Å². The molecule has 4 rings (SSSR count). The third kappa shape index (κ3) is 6.50. The molecule has 0 aliphatic carbocycles. The topological polar surface area (TPSA) is 73.7 Å². The van der Waals surface area contributed by atoms with Crippen LogP contribution in [-0.2, 0) is 11.3 Å². The van der Waals surface area contributed by atoms with Crippen molar-refractivity contribution in [2.45, 2.75) is 38.4 Å². The highest BCUT2D eigenvalue weighted by Crippen LogP contribution is 2.41. The van der Waals surface area contributed by atoms with Gasteiger partial charge in [0.15, 0.2) is 0 Å². The van der Waals surface area contributed by atoms with Crippen molar-refractivity contribution >= 4 is 34.6 Å². The first-order valence-corrected chi connectivity index (χ1v) is 11.8. The number of amides is 1. The van der Waals surface area contributed by atoms with Crippen molar-refractivity contribution < 1.29 is 27.9 Å². The normalized spacial score (nSPS) is 19.0. The Hall–Kier alpha value is -1.98. The quantitative estimate of drug-likeness (QED) is 0.714. The zero-order chi connectivity index (χ0) is 22.5. The number of alkyl halides is 3. The average Bonchev–Trinajstić information content (AvgIpc) is 3.44. The number of rotatable bonds is 3. The molecule has 0 atom stereocenters. The van der Waals surface area contributed by atoms with Crippen molar-refractivity contribution in [2.75, 3.05) is 26.2 Å². The molecule has 11 heteroatoms. The number of carboxylic acids is 1. The summed E-state index contributed by atoms with van der Waals surface area (Å²) in [6.07, 6.45) is -0.240. The summed E-state index contributed by atoms with van der Waals surface area (Å²) in [5.74, 6) is -2.64. The molecule has 31 heavy (non-hydrogen) atoms. The van der Waals surface area contributed by atoms with E-state index in [0.717, 1.165) is 32.5 Å². The molecule has 0 saturated carbocycles. The summed E-state index contributed by atoms with van der Waals surface area (Å²) in [4.78, 5) is 30.1. The average molecular weight is 476 g/mol. The molecule has 170 valence electrons. The minimum atomic E-state index is -5.08. The first-order chi connectivity index (χ1) is 14.7. The van der Waals surface area contributed by atoms with Crippen LogP contribution in [0.3, 0.4) is 0 Å². The molecule has 4 heterocycles. The lowest BCUT2D eigenvalue weighted by Gasteiger charge is -2.46. The third-order valence-corrected chi connectivity index (χ3v) is 7.23. The molecule has 1 amide bonds. The van der Waals surface area contributed by atoms with E-state index in [1.807, 2.05) is 10.3 Å². The summed E-state index contributed by atoms with van der Waals surface area (Å²) < 4.78 is 31.7. The van der Waals surface area contributed by atoms with Crippen LogP contribution in [0, 0.1) is 5.41 Å². The zero-order valence-corrected chi connectivity index (χ0v) is 18.4. The molecule has 0 bridgehead atoms. The lowest BCUT2D eigenvalue weighted by Crippen LogP contribution is -2.48. The number of halogens is 3. The second-order valence-electron chi connectivity index (χ2n) is 7.88. The lowest BCUT2D eigenvalue weighted by atomic mass is 9.71. The molecular weight excluding hydrogens is 451 g/mol. The van der Waals surface area contributed by atoms with Gasteiger partial charge in [0.2, 0.25) is 0 Å². The summed E-state index contributed by atoms with van der Waals surface area (Å²) in [6.45, 7) is 5.25. The number of carbonyl (C=O) groups is 2. The summed E-state index contributed by atoms with van der Waals surface area (Å²) in [6, 6.07) is 2.23. The molecule has 2 aliphatic rings. The second kappa shape index (κ2) is 10.1.